The van der Waals surface area contributed by atoms with Gasteiger partial charge in [-0.2, -0.15) is 0 Å². The van der Waals surface area contributed by atoms with Crippen molar-refractivity contribution in [2.24, 2.45) is 0 Å². The van der Waals surface area contributed by atoms with E-state index < -0.39 is 23.1 Å². The molecule has 1 aromatic rings. The highest BCUT2D eigenvalue weighted by atomic mass is 16.6. The second-order valence-electron chi connectivity index (χ2n) is 2.67. The number of carboxylic acid groups (broad SMARTS) is 1. The molecule has 0 saturated heterocycles. The van der Waals surface area contributed by atoms with Crippen LogP contribution in [-0.4, -0.2) is 26.8 Å². The van der Waals surface area contributed by atoms with Gasteiger partial charge in [0, 0.05) is 18.2 Å². The molecule has 0 saturated carbocycles. The average molecular weight is 210 g/mol. The van der Waals surface area contributed by atoms with Crippen LogP contribution in [0.25, 0.3) is 0 Å². The summed E-state index contributed by atoms with van der Waals surface area (Å²) in [7, 11) is 0. The summed E-state index contributed by atoms with van der Waals surface area (Å²) in [4.78, 5) is 34.4. The standard InChI is InChI=1S/C8H6N2O5/c11-7(8(12)13)3-5-1-2-9-4-6(5)10(14)15/h1-2,4H,3H2,(H,12,13). The van der Waals surface area contributed by atoms with Gasteiger partial charge < -0.3 is 5.11 Å². The van der Waals surface area contributed by atoms with E-state index >= 15 is 0 Å². The molecule has 7 nitrogen and oxygen atoms in total. The molecular formula is C8H6N2O5. The second kappa shape index (κ2) is 4.27. The minimum atomic E-state index is -1.61. The maximum Gasteiger partial charge on any atom is 0.372 e. The van der Waals surface area contributed by atoms with E-state index in [9.17, 15) is 19.7 Å². The van der Waals surface area contributed by atoms with E-state index in [-0.39, 0.29) is 11.3 Å². The third-order valence-corrected chi connectivity index (χ3v) is 1.67. The van der Waals surface area contributed by atoms with Gasteiger partial charge in [0.15, 0.2) is 0 Å². The van der Waals surface area contributed by atoms with Crippen LogP contribution in [-0.2, 0) is 16.0 Å². The Balaban J connectivity index is 2.99. The molecular weight excluding hydrogens is 204 g/mol. The molecule has 0 aliphatic rings. The lowest BCUT2D eigenvalue weighted by Crippen LogP contribution is -2.15. The van der Waals surface area contributed by atoms with Gasteiger partial charge in [0.2, 0.25) is 5.78 Å². The summed E-state index contributed by atoms with van der Waals surface area (Å²) in [6.45, 7) is 0. The molecule has 0 unspecified atom stereocenters. The van der Waals surface area contributed by atoms with Gasteiger partial charge >= 0.3 is 5.97 Å². The normalized spacial score (nSPS) is 9.60. The molecule has 1 rings (SSSR count). The molecule has 1 N–H and O–H groups in total. The summed E-state index contributed by atoms with van der Waals surface area (Å²) < 4.78 is 0. The van der Waals surface area contributed by atoms with Gasteiger partial charge in [-0.15, -0.1) is 0 Å². The molecule has 0 radical (unpaired) electrons. The third kappa shape index (κ3) is 2.56. The summed E-state index contributed by atoms with van der Waals surface area (Å²) in [5.41, 5.74) is -0.311. The van der Waals surface area contributed by atoms with Gasteiger partial charge in [0.05, 0.1) is 4.92 Å². The fraction of sp³-hybridized carbons (Fsp3) is 0.125. The minimum absolute atomic E-state index is 0.0439. The number of aromatic nitrogens is 1. The number of carbonyl (C=O) groups excluding carboxylic acids is 1. The lowest BCUT2D eigenvalue weighted by atomic mass is 10.1. The fourth-order valence-corrected chi connectivity index (χ4v) is 0.977. The number of nitro groups is 1. The van der Waals surface area contributed by atoms with Crippen molar-refractivity contribution in [3.05, 3.63) is 34.1 Å². The number of pyridine rings is 1. The smallest absolute Gasteiger partial charge is 0.372 e. The first-order chi connectivity index (χ1) is 7.02. The topological polar surface area (TPSA) is 110 Å². The third-order valence-electron chi connectivity index (χ3n) is 1.67. The van der Waals surface area contributed by atoms with E-state index in [4.69, 9.17) is 5.11 Å². The van der Waals surface area contributed by atoms with Crippen molar-refractivity contribution < 1.29 is 19.6 Å². The Labute approximate surface area is 83.5 Å². The van der Waals surface area contributed by atoms with Gasteiger partial charge in [-0.3, -0.25) is 19.9 Å². The van der Waals surface area contributed by atoms with Crippen molar-refractivity contribution in [3.63, 3.8) is 0 Å². The molecule has 15 heavy (non-hydrogen) atoms. The van der Waals surface area contributed by atoms with E-state index in [1.54, 1.807) is 0 Å². The molecule has 0 bridgehead atoms. The van der Waals surface area contributed by atoms with Crippen LogP contribution in [0.4, 0.5) is 5.69 Å². The summed E-state index contributed by atoms with van der Waals surface area (Å²) in [5.74, 6) is -2.70. The molecule has 0 atom stereocenters. The minimum Gasteiger partial charge on any atom is -0.475 e. The number of hydrogen-bond acceptors (Lipinski definition) is 5. The van der Waals surface area contributed by atoms with Crippen molar-refractivity contribution in [1.82, 2.24) is 4.98 Å². The Morgan fingerprint density at radius 1 is 1.53 bits per heavy atom. The Kier molecular flexibility index (Phi) is 3.06. The van der Waals surface area contributed by atoms with Crippen LogP contribution in [0.5, 0.6) is 0 Å². The highest BCUT2D eigenvalue weighted by molar-refractivity contribution is 6.33. The van der Waals surface area contributed by atoms with Gasteiger partial charge in [0.25, 0.3) is 5.69 Å². The summed E-state index contributed by atoms with van der Waals surface area (Å²) in [5, 5.41) is 18.8. The predicted octanol–water partition coefficient (Wildman–Crippen LogP) is 0.186. The largest absolute Gasteiger partial charge is 0.475 e. The summed E-state index contributed by atoms with van der Waals surface area (Å²) in [6.07, 6.45) is 1.73. The molecule has 0 aliphatic heterocycles. The zero-order valence-corrected chi connectivity index (χ0v) is 7.41. The first-order valence-electron chi connectivity index (χ1n) is 3.85. The number of carbonyl (C=O) groups is 2. The highest BCUT2D eigenvalue weighted by Gasteiger charge is 2.19. The average Bonchev–Trinajstić information content (AvgIpc) is 2.18. The Morgan fingerprint density at radius 2 is 2.20 bits per heavy atom. The van der Waals surface area contributed by atoms with Crippen LogP contribution in [0.2, 0.25) is 0 Å². The zero-order valence-electron chi connectivity index (χ0n) is 7.41. The Hall–Kier alpha value is -2.31. The SMILES string of the molecule is O=C(O)C(=O)Cc1ccncc1[N+](=O)[O-]. The van der Waals surface area contributed by atoms with Crippen molar-refractivity contribution >= 4 is 17.4 Å². The van der Waals surface area contributed by atoms with Crippen LogP contribution in [0.3, 0.4) is 0 Å². The zero-order chi connectivity index (χ0) is 11.4. The lowest BCUT2D eigenvalue weighted by molar-refractivity contribution is -0.385. The molecule has 0 spiro atoms. The van der Waals surface area contributed by atoms with Gasteiger partial charge in [-0.05, 0) is 6.07 Å². The number of carboxylic acids is 1. The van der Waals surface area contributed by atoms with Crippen LogP contribution in [0.15, 0.2) is 18.5 Å². The first-order valence-corrected chi connectivity index (χ1v) is 3.85. The van der Waals surface area contributed by atoms with Crippen LogP contribution >= 0.6 is 0 Å². The fourth-order valence-electron chi connectivity index (χ4n) is 0.977. The molecule has 78 valence electrons. The molecule has 1 aromatic heterocycles. The molecule has 0 amide bonds. The van der Waals surface area contributed by atoms with Crippen LogP contribution in [0, 0.1) is 10.1 Å². The van der Waals surface area contributed by atoms with E-state index in [2.05, 4.69) is 4.98 Å². The van der Waals surface area contributed by atoms with E-state index in [0.29, 0.717) is 0 Å². The molecule has 1 heterocycles. The van der Waals surface area contributed by atoms with E-state index in [1.807, 2.05) is 0 Å². The van der Waals surface area contributed by atoms with Gasteiger partial charge in [-0.1, -0.05) is 0 Å². The predicted molar refractivity (Wildman–Crippen MR) is 47.2 cm³/mol. The number of aliphatic carboxylic acids is 1. The number of hydrogen-bond donors (Lipinski definition) is 1. The van der Waals surface area contributed by atoms with E-state index in [0.717, 1.165) is 6.20 Å². The van der Waals surface area contributed by atoms with Crippen molar-refractivity contribution in [1.29, 1.82) is 0 Å². The first kappa shape index (κ1) is 10.8. The maximum absolute atomic E-state index is 10.8. The van der Waals surface area contributed by atoms with Gasteiger partial charge in [-0.25, -0.2) is 4.79 Å². The maximum atomic E-state index is 10.8. The highest BCUT2D eigenvalue weighted by Crippen LogP contribution is 2.16. The summed E-state index contributed by atoms with van der Waals surface area (Å²) >= 11 is 0. The van der Waals surface area contributed by atoms with Crippen molar-refractivity contribution in [2.45, 2.75) is 6.42 Å². The van der Waals surface area contributed by atoms with Crippen molar-refractivity contribution in [2.75, 3.05) is 0 Å². The molecule has 0 aliphatic carbocycles. The molecule has 0 fully saturated rings. The Morgan fingerprint density at radius 3 is 2.73 bits per heavy atom. The molecule has 7 heteroatoms. The quantitative estimate of drug-likeness (QED) is 0.431. The van der Waals surface area contributed by atoms with E-state index in [1.165, 1.54) is 12.3 Å². The Bertz CT molecular complexity index is 429. The van der Waals surface area contributed by atoms with Crippen molar-refractivity contribution in [3.8, 4) is 0 Å². The molecule has 0 aromatic carbocycles. The van der Waals surface area contributed by atoms with Gasteiger partial charge in [0.1, 0.15) is 6.20 Å². The number of Topliss-reactive ketones (excluding diaryl/α,β-unsaturated/α-hetero) is 1. The number of nitrogens with zero attached hydrogens (tertiary/aromatic N) is 2. The number of rotatable bonds is 4. The van der Waals surface area contributed by atoms with Crippen LogP contribution < -0.4 is 0 Å². The monoisotopic (exact) mass is 210 g/mol. The number of ketones is 1. The van der Waals surface area contributed by atoms with Crippen LogP contribution in [0.1, 0.15) is 5.56 Å². The lowest BCUT2D eigenvalue weighted by Gasteiger charge is -1.98. The second-order valence-corrected chi connectivity index (χ2v) is 2.67. The summed E-state index contributed by atoms with van der Waals surface area (Å²) in [6, 6.07) is 1.25.